The maximum atomic E-state index is 11.5. The monoisotopic (exact) mass is 249 g/mol. The van der Waals surface area contributed by atoms with Crippen LogP contribution in [0.2, 0.25) is 0 Å². The molecule has 1 aromatic rings. The molecule has 0 spiro atoms. The fourth-order valence-electron chi connectivity index (χ4n) is 1.44. The van der Waals surface area contributed by atoms with Crippen LogP contribution in [-0.4, -0.2) is 24.0 Å². The van der Waals surface area contributed by atoms with Crippen LogP contribution >= 0.6 is 0 Å². The van der Waals surface area contributed by atoms with Crippen molar-refractivity contribution < 1.29 is 14.3 Å². The Kier molecular flexibility index (Phi) is 4.89. The average Bonchev–Trinajstić information content (AvgIpc) is 2.27. The highest BCUT2D eigenvalue weighted by atomic mass is 16.6. The Morgan fingerprint density at radius 1 is 1.33 bits per heavy atom. The standard InChI is InChI=1S/C14H19NO3/c1-14(2,3)15-13(17)18-12(10-16)9-11-7-5-4-6-8-11/h4-8,10,12H,9H2,1-3H3,(H,15,17)/t12-/m1/s1. The maximum absolute atomic E-state index is 11.5. The Labute approximate surface area is 107 Å². The van der Waals surface area contributed by atoms with Crippen LogP contribution < -0.4 is 5.32 Å². The third kappa shape index (κ3) is 5.48. The van der Waals surface area contributed by atoms with Crippen molar-refractivity contribution in [3.8, 4) is 0 Å². The number of aldehydes is 1. The lowest BCUT2D eigenvalue weighted by Gasteiger charge is -2.21. The zero-order valence-corrected chi connectivity index (χ0v) is 11.0. The highest BCUT2D eigenvalue weighted by Gasteiger charge is 2.19. The fourth-order valence-corrected chi connectivity index (χ4v) is 1.44. The first kappa shape index (κ1) is 14.2. The Balaban J connectivity index is 2.53. The summed E-state index contributed by atoms with van der Waals surface area (Å²) in [5.74, 6) is 0. The summed E-state index contributed by atoms with van der Waals surface area (Å²) in [6.07, 6.45) is -0.290. The van der Waals surface area contributed by atoms with E-state index in [-0.39, 0.29) is 5.54 Å². The Bertz CT molecular complexity index is 395. The van der Waals surface area contributed by atoms with Crippen LogP contribution in [0.5, 0.6) is 0 Å². The number of hydrogen-bond donors (Lipinski definition) is 1. The molecule has 0 radical (unpaired) electrons. The number of hydrogen-bond acceptors (Lipinski definition) is 3. The van der Waals surface area contributed by atoms with Crippen molar-refractivity contribution in [3.63, 3.8) is 0 Å². The summed E-state index contributed by atoms with van der Waals surface area (Å²) < 4.78 is 5.06. The molecule has 4 heteroatoms. The molecule has 0 aliphatic rings. The van der Waals surface area contributed by atoms with E-state index in [0.29, 0.717) is 12.7 Å². The van der Waals surface area contributed by atoms with Crippen molar-refractivity contribution in [1.29, 1.82) is 0 Å². The van der Waals surface area contributed by atoms with Gasteiger partial charge >= 0.3 is 6.09 Å². The predicted molar refractivity (Wildman–Crippen MR) is 69.4 cm³/mol. The van der Waals surface area contributed by atoms with Crippen molar-refractivity contribution in [3.05, 3.63) is 35.9 Å². The number of carbonyl (C=O) groups excluding carboxylic acids is 2. The summed E-state index contributed by atoms with van der Waals surface area (Å²) in [5.41, 5.74) is 0.579. The molecule has 0 unspecified atom stereocenters. The molecule has 0 saturated carbocycles. The first-order chi connectivity index (χ1) is 8.40. The van der Waals surface area contributed by atoms with Crippen LogP contribution in [0.15, 0.2) is 30.3 Å². The van der Waals surface area contributed by atoms with E-state index >= 15 is 0 Å². The first-order valence-electron chi connectivity index (χ1n) is 5.89. The van der Waals surface area contributed by atoms with Crippen LogP contribution in [0.1, 0.15) is 26.3 Å². The highest BCUT2D eigenvalue weighted by molar-refractivity contribution is 5.71. The molecule has 0 heterocycles. The largest absolute Gasteiger partial charge is 0.438 e. The van der Waals surface area contributed by atoms with Gasteiger partial charge in [-0.2, -0.15) is 0 Å². The molecule has 0 bridgehead atoms. The molecule has 0 fully saturated rings. The van der Waals surface area contributed by atoms with Crippen molar-refractivity contribution in [2.24, 2.45) is 0 Å². The molecule has 1 rings (SSSR count). The highest BCUT2D eigenvalue weighted by Crippen LogP contribution is 2.06. The smallest absolute Gasteiger partial charge is 0.408 e. The molecular formula is C14H19NO3. The van der Waals surface area contributed by atoms with Crippen molar-refractivity contribution in [2.75, 3.05) is 0 Å². The van der Waals surface area contributed by atoms with Gasteiger partial charge in [0.15, 0.2) is 12.4 Å². The summed E-state index contributed by atoms with van der Waals surface area (Å²) in [4.78, 5) is 22.4. The SMILES string of the molecule is CC(C)(C)NC(=O)O[C@@H](C=O)Cc1ccccc1. The minimum atomic E-state index is -0.755. The van der Waals surface area contributed by atoms with E-state index in [9.17, 15) is 9.59 Å². The van der Waals surface area contributed by atoms with E-state index in [1.54, 1.807) is 0 Å². The van der Waals surface area contributed by atoms with Gasteiger partial charge in [-0.3, -0.25) is 4.79 Å². The Morgan fingerprint density at radius 3 is 2.44 bits per heavy atom. The number of amides is 1. The van der Waals surface area contributed by atoms with Gasteiger partial charge in [0.1, 0.15) is 0 Å². The molecule has 0 aromatic heterocycles. The second kappa shape index (κ2) is 6.19. The Hall–Kier alpha value is -1.84. The lowest BCUT2D eigenvalue weighted by atomic mass is 10.1. The molecule has 1 atom stereocenters. The lowest BCUT2D eigenvalue weighted by molar-refractivity contribution is -0.115. The quantitative estimate of drug-likeness (QED) is 0.833. The fraction of sp³-hybridized carbons (Fsp3) is 0.429. The zero-order valence-electron chi connectivity index (χ0n) is 11.0. The summed E-state index contributed by atoms with van der Waals surface area (Å²) in [6, 6.07) is 9.44. The first-order valence-corrected chi connectivity index (χ1v) is 5.89. The second-order valence-corrected chi connectivity index (χ2v) is 5.14. The predicted octanol–water partition coefficient (Wildman–Crippen LogP) is 2.32. The van der Waals surface area contributed by atoms with Crippen LogP contribution in [0.3, 0.4) is 0 Å². The molecule has 98 valence electrons. The van der Waals surface area contributed by atoms with E-state index in [1.165, 1.54) is 0 Å². The third-order valence-corrected chi connectivity index (χ3v) is 2.17. The zero-order chi connectivity index (χ0) is 13.6. The molecule has 1 aromatic carbocycles. The van der Waals surface area contributed by atoms with Gasteiger partial charge in [-0.05, 0) is 26.3 Å². The van der Waals surface area contributed by atoms with Gasteiger partial charge in [-0.15, -0.1) is 0 Å². The number of rotatable bonds is 4. The van der Waals surface area contributed by atoms with Gasteiger partial charge < -0.3 is 10.1 Å². The number of ether oxygens (including phenoxy) is 1. The van der Waals surface area contributed by atoms with Gasteiger partial charge in [0.05, 0.1) is 0 Å². The van der Waals surface area contributed by atoms with Crippen molar-refractivity contribution >= 4 is 12.4 Å². The molecule has 0 saturated heterocycles. The molecule has 1 N–H and O–H groups in total. The number of carbonyl (C=O) groups is 2. The minimum Gasteiger partial charge on any atom is -0.438 e. The van der Waals surface area contributed by atoms with E-state index in [2.05, 4.69) is 5.32 Å². The molecule has 0 aliphatic carbocycles. The molecule has 1 amide bonds. The van der Waals surface area contributed by atoms with Crippen LogP contribution in [-0.2, 0) is 16.0 Å². The molecule has 18 heavy (non-hydrogen) atoms. The second-order valence-electron chi connectivity index (χ2n) is 5.14. The van der Waals surface area contributed by atoms with Gasteiger partial charge in [0.2, 0.25) is 0 Å². The lowest BCUT2D eigenvalue weighted by Crippen LogP contribution is -2.42. The average molecular weight is 249 g/mol. The number of benzene rings is 1. The van der Waals surface area contributed by atoms with E-state index < -0.39 is 12.2 Å². The van der Waals surface area contributed by atoms with E-state index in [4.69, 9.17) is 4.74 Å². The van der Waals surface area contributed by atoms with Gasteiger partial charge in [-0.1, -0.05) is 30.3 Å². The van der Waals surface area contributed by atoms with Crippen molar-refractivity contribution in [2.45, 2.75) is 38.8 Å². The van der Waals surface area contributed by atoms with E-state index in [1.807, 2.05) is 51.1 Å². The normalized spacial score (nSPS) is 12.6. The van der Waals surface area contributed by atoms with Crippen molar-refractivity contribution in [1.82, 2.24) is 5.32 Å². The van der Waals surface area contributed by atoms with Crippen LogP contribution in [0.4, 0.5) is 4.79 Å². The summed E-state index contributed by atoms with van der Waals surface area (Å²) in [5, 5.41) is 2.65. The third-order valence-electron chi connectivity index (χ3n) is 2.17. The topological polar surface area (TPSA) is 55.4 Å². The molecule has 0 aliphatic heterocycles. The minimum absolute atomic E-state index is 0.378. The summed E-state index contributed by atoms with van der Waals surface area (Å²) in [7, 11) is 0. The Morgan fingerprint density at radius 2 is 1.94 bits per heavy atom. The van der Waals surface area contributed by atoms with Crippen LogP contribution in [0.25, 0.3) is 0 Å². The van der Waals surface area contributed by atoms with Crippen LogP contribution in [0, 0.1) is 0 Å². The molecular weight excluding hydrogens is 230 g/mol. The van der Waals surface area contributed by atoms with E-state index in [0.717, 1.165) is 5.56 Å². The van der Waals surface area contributed by atoms with Gasteiger partial charge in [0.25, 0.3) is 0 Å². The van der Waals surface area contributed by atoms with Gasteiger partial charge in [-0.25, -0.2) is 4.79 Å². The van der Waals surface area contributed by atoms with Gasteiger partial charge in [0, 0.05) is 12.0 Å². The maximum Gasteiger partial charge on any atom is 0.408 e. The molecule has 4 nitrogen and oxygen atoms in total. The summed E-state index contributed by atoms with van der Waals surface area (Å²) in [6.45, 7) is 5.55. The number of nitrogens with one attached hydrogen (secondary N) is 1. The number of alkyl carbamates (subject to hydrolysis) is 1. The summed E-state index contributed by atoms with van der Waals surface area (Å²) >= 11 is 0.